The second-order valence-electron chi connectivity index (χ2n) is 3.73. The first-order valence-corrected chi connectivity index (χ1v) is 4.99. The number of aliphatic hydroxyl groups is 1. The molecule has 0 fully saturated rings. The maximum atomic E-state index is 11.6. The van der Waals surface area contributed by atoms with Gasteiger partial charge in [0.1, 0.15) is 6.54 Å². The van der Waals surface area contributed by atoms with Crippen LogP contribution in [0, 0.1) is 0 Å². The van der Waals surface area contributed by atoms with Crippen molar-refractivity contribution in [2.24, 2.45) is 5.73 Å². The number of rotatable bonds is 6. The minimum Gasteiger partial charge on any atom is -0.479 e. The summed E-state index contributed by atoms with van der Waals surface area (Å²) in [5, 5.41) is 19.6. The Morgan fingerprint density at radius 2 is 1.88 bits per heavy atom. The highest BCUT2D eigenvalue weighted by molar-refractivity contribution is 5.83. The third kappa shape index (κ3) is 5.71. The second-order valence-corrected chi connectivity index (χ2v) is 3.73. The summed E-state index contributed by atoms with van der Waals surface area (Å²) in [6, 6.07) is -0.927. The van der Waals surface area contributed by atoms with Gasteiger partial charge in [0.25, 0.3) is 0 Å². The van der Waals surface area contributed by atoms with Crippen molar-refractivity contribution >= 4 is 17.9 Å². The number of amides is 3. The third-order valence-corrected chi connectivity index (χ3v) is 1.94. The molecule has 0 saturated heterocycles. The van der Waals surface area contributed by atoms with E-state index in [2.05, 4.69) is 5.32 Å². The summed E-state index contributed by atoms with van der Waals surface area (Å²) in [7, 11) is 0. The number of urea groups is 1. The topological polar surface area (TPSA) is 133 Å². The Morgan fingerprint density at radius 1 is 1.35 bits per heavy atom. The molecule has 0 aromatic rings. The number of aliphatic carboxylic acids is 1. The number of primary amides is 1. The molecule has 0 heterocycles. The molecule has 0 rings (SSSR count). The van der Waals surface area contributed by atoms with Crippen LogP contribution in [0.4, 0.5) is 4.79 Å². The summed E-state index contributed by atoms with van der Waals surface area (Å²) >= 11 is 0. The SMILES string of the molecule is CC(C)N(CC(N)=O)C(=O)NCC(O)C(=O)O. The monoisotopic (exact) mass is 247 g/mol. The van der Waals surface area contributed by atoms with Crippen molar-refractivity contribution in [3.8, 4) is 0 Å². The maximum Gasteiger partial charge on any atom is 0.334 e. The molecule has 8 heteroatoms. The zero-order chi connectivity index (χ0) is 13.6. The number of carbonyl (C=O) groups excluding carboxylic acids is 2. The molecular formula is C9H17N3O5. The van der Waals surface area contributed by atoms with Crippen molar-refractivity contribution < 1.29 is 24.6 Å². The molecule has 0 radical (unpaired) electrons. The molecule has 0 bridgehead atoms. The lowest BCUT2D eigenvalue weighted by molar-refractivity contribution is -0.146. The van der Waals surface area contributed by atoms with Crippen molar-refractivity contribution in [1.29, 1.82) is 0 Å². The standard InChI is InChI=1S/C9H17N3O5/c1-5(2)12(4-7(10)14)9(17)11-3-6(13)8(15)16/h5-6,13H,3-4H2,1-2H3,(H2,10,14)(H,11,17)(H,15,16). The predicted octanol–water partition coefficient (Wildman–Crippen LogP) is -1.66. The Labute approximate surface area is 98.4 Å². The van der Waals surface area contributed by atoms with E-state index in [1.54, 1.807) is 13.8 Å². The van der Waals surface area contributed by atoms with Crippen molar-refractivity contribution in [1.82, 2.24) is 10.2 Å². The van der Waals surface area contributed by atoms with Gasteiger partial charge in [-0.15, -0.1) is 0 Å². The normalized spacial score (nSPS) is 12.0. The van der Waals surface area contributed by atoms with Crippen LogP contribution in [0.1, 0.15) is 13.8 Å². The molecule has 1 unspecified atom stereocenters. The Morgan fingerprint density at radius 3 is 2.24 bits per heavy atom. The van der Waals surface area contributed by atoms with Gasteiger partial charge in [0.05, 0.1) is 6.54 Å². The molecule has 1 atom stereocenters. The lowest BCUT2D eigenvalue weighted by atomic mass is 10.3. The number of nitrogens with two attached hydrogens (primary N) is 1. The second kappa shape index (κ2) is 6.69. The van der Waals surface area contributed by atoms with Crippen LogP contribution in [-0.4, -0.2) is 58.3 Å². The van der Waals surface area contributed by atoms with Gasteiger partial charge < -0.3 is 26.2 Å². The van der Waals surface area contributed by atoms with Gasteiger partial charge in [-0.05, 0) is 13.8 Å². The molecule has 17 heavy (non-hydrogen) atoms. The van der Waals surface area contributed by atoms with Crippen LogP contribution in [0.15, 0.2) is 0 Å². The van der Waals surface area contributed by atoms with Gasteiger partial charge in [0, 0.05) is 6.04 Å². The first kappa shape index (κ1) is 15.2. The molecule has 0 aliphatic rings. The number of hydrogen-bond donors (Lipinski definition) is 4. The quantitative estimate of drug-likeness (QED) is 0.445. The number of carboxylic acids is 1. The first-order valence-electron chi connectivity index (χ1n) is 4.99. The van der Waals surface area contributed by atoms with E-state index in [4.69, 9.17) is 15.9 Å². The van der Waals surface area contributed by atoms with Crippen molar-refractivity contribution in [3.05, 3.63) is 0 Å². The van der Waals surface area contributed by atoms with Crippen LogP contribution in [0.25, 0.3) is 0 Å². The van der Waals surface area contributed by atoms with Gasteiger partial charge in [0.15, 0.2) is 6.10 Å². The highest BCUT2D eigenvalue weighted by Crippen LogP contribution is 1.98. The molecule has 0 aromatic carbocycles. The zero-order valence-electron chi connectivity index (χ0n) is 9.71. The van der Waals surface area contributed by atoms with Crippen molar-refractivity contribution in [2.45, 2.75) is 26.0 Å². The summed E-state index contributed by atoms with van der Waals surface area (Å²) < 4.78 is 0. The minimum atomic E-state index is -1.68. The number of hydrogen-bond acceptors (Lipinski definition) is 4. The van der Waals surface area contributed by atoms with Gasteiger partial charge in [0.2, 0.25) is 5.91 Å². The van der Waals surface area contributed by atoms with Crippen LogP contribution in [-0.2, 0) is 9.59 Å². The molecular weight excluding hydrogens is 230 g/mol. The molecule has 0 spiro atoms. The van der Waals surface area contributed by atoms with E-state index < -0.39 is 30.6 Å². The number of carbonyl (C=O) groups is 3. The Hall–Kier alpha value is -1.83. The van der Waals surface area contributed by atoms with Crippen LogP contribution < -0.4 is 11.1 Å². The zero-order valence-corrected chi connectivity index (χ0v) is 9.71. The summed E-state index contributed by atoms with van der Waals surface area (Å²) in [5.41, 5.74) is 4.97. The van der Waals surface area contributed by atoms with E-state index >= 15 is 0 Å². The van der Waals surface area contributed by atoms with Crippen molar-refractivity contribution in [3.63, 3.8) is 0 Å². The van der Waals surface area contributed by atoms with E-state index in [9.17, 15) is 14.4 Å². The van der Waals surface area contributed by atoms with Gasteiger partial charge in [-0.1, -0.05) is 0 Å². The number of nitrogens with zero attached hydrogens (tertiary/aromatic N) is 1. The van der Waals surface area contributed by atoms with Crippen LogP contribution in [0.2, 0.25) is 0 Å². The number of nitrogens with one attached hydrogen (secondary N) is 1. The van der Waals surface area contributed by atoms with E-state index in [0.717, 1.165) is 4.90 Å². The maximum absolute atomic E-state index is 11.6. The van der Waals surface area contributed by atoms with E-state index in [0.29, 0.717) is 0 Å². The van der Waals surface area contributed by atoms with Crippen LogP contribution in [0.3, 0.4) is 0 Å². The molecule has 0 saturated carbocycles. The van der Waals surface area contributed by atoms with Crippen molar-refractivity contribution in [2.75, 3.05) is 13.1 Å². The molecule has 0 aromatic heterocycles. The smallest absolute Gasteiger partial charge is 0.334 e. The fourth-order valence-corrected chi connectivity index (χ4v) is 1.03. The fourth-order valence-electron chi connectivity index (χ4n) is 1.03. The fraction of sp³-hybridized carbons (Fsp3) is 0.667. The Bertz CT molecular complexity index is 305. The largest absolute Gasteiger partial charge is 0.479 e. The van der Waals surface area contributed by atoms with Gasteiger partial charge in [-0.25, -0.2) is 9.59 Å². The molecule has 98 valence electrons. The van der Waals surface area contributed by atoms with E-state index in [1.807, 2.05) is 0 Å². The summed E-state index contributed by atoms with van der Waals surface area (Å²) in [4.78, 5) is 33.7. The third-order valence-electron chi connectivity index (χ3n) is 1.94. The first-order chi connectivity index (χ1) is 7.75. The Kier molecular flexibility index (Phi) is 5.97. The molecule has 0 aliphatic heterocycles. The summed E-state index contributed by atoms with van der Waals surface area (Å²) in [6.07, 6.45) is -1.68. The number of carboxylic acid groups (broad SMARTS) is 1. The van der Waals surface area contributed by atoms with Crippen LogP contribution >= 0.6 is 0 Å². The average molecular weight is 247 g/mol. The molecule has 3 amide bonds. The molecule has 8 nitrogen and oxygen atoms in total. The van der Waals surface area contributed by atoms with E-state index in [1.165, 1.54) is 0 Å². The minimum absolute atomic E-state index is 0.271. The molecule has 5 N–H and O–H groups in total. The summed E-state index contributed by atoms with van der Waals surface area (Å²) in [6.45, 7) is 2.65. The highest BCUT2D eigenvalue weighted by Gasteiger charge is 2.21. The van der Waals surface area contributed by atoms with Gasteiger partial charge in [-0.2, -0.15) is 0 Å². The van der Waals surface area contributed by atoms with Gasteiger partial charge in [-0.3, -0.25) is 4.79 Å². The molecule has 0 aliphatic carbocycles. The van der Waals surface area contributed by atoms with E-state index in [-0.39, 0.29) is 12.6 Å². The summed E-state index contributed by atoms with van der Waals surface area (Å²) in [5.74, 6) is -2.11. The van der Waals surface area contributed by atoms with Gasteiger partial charge >= 0.3 is 12.0 Å². The van der Waals surface area contributed by atoms with Crippen LogP contribution in [0.5, 0.6) is 0 Å². The number of aliphatic hydroxyl groups excluding tert-OH is 1. The lowest BCUT2D eigenvalue weighted by Gasteiger charge is -2.25. The Balaban J connectivity index is 4.33. The average Bonchev–Trinajstić information content (AvgIpc) is 2.21. The highest BCUT2D eigenvalue weighted by atomic mass is 16.4. The predicted molar refractivity (Wildman–Crippen MR) is 58.1 cm³/mol. The lowest BCUT2D eigenvalue weighted by Crippen LogP contribution is -2.50.